The molecule has 5 nitrogen and oxygen atoms in total. The lowest BCUT2D eigenvalue weighted by atomic mass is 10.1. The monoisotopic (exact) mass is 348 g/mol. The van der Waals surface area contributed by atoms with Crippen molar-refractivity contribution in [1.29, 1.82) is 0 Å². The molecule has 3 aromatic rings. The molecule has 1 unspecified atom stereocenters. The molecule has 1 heterocycles. The second-order valence-corrected chi connectivity index (χ2v) is 6.48. The number of nitrogens with one attached hydrogen (secondary N) is 2. The SMILES string of the molecule is Cc1ccc(-n2nc(C)cc2NC(=O)CNC(C)c2ccccc2)cc1. The van der Waals surface area contributed by atoms with Gasteiger partial charge in [0.15, 0.2) is 0 Å². The minimum Gasteiger partial charge on any atom is -0.309 e. The van der Waals surface area contributed by atoms with Crippen LogP contribution >= 0.6 is 0 Å². The molecule has 0 aliphatic rings. The van der Waals surface area contributed by atoms with E-state index in [0.29, 0.717) is 5.82 Å². The van der Waals surface area contributed by atoms with Crippen molar-refractivity contribution in [2.75, 3.05) is 11.9 Å². The first-order chi connectivity index (χ1) is 12.5. The molecule has 134 valence electrons. The van der Waals surface area contributed by atoms with Gasteiger partial charge in [-0.2, -0.15) is 5.10 Å². The summed E-state index contributed by atoms with van der Waals surface area (Å²) < 4.78 is 1.76. The van der Waals surface area contributed by atoms with Crippen LogP contribution in [0.4, 0.5) is 5.82 Å². The van der Waals surface area contributed by atoms with Gasteiger partial charge < -0.3 is 10.6 Å². The smallest absolute Gasteiger partial charge is 0.239 e. The molecule has 2 aromatic carbocycles. The Bertz CT molecular complexity index is 869. The van der Waals surface area contributed by atoms with Gasteiger partial charge in [-0.3, -0.25) is 4.79 Å². The predicted octanol–water partition coefficient (Wildman–Crippen LogP) is 3.78. The van der Waals surface area contributed by atoms with E-state index in [1.54, 1.807) is 4.68 Å². The van der Waals surface area contributed by atoms with Gasteiger partial charge in [0, 0.05) is 12.1 Å². The van der Waals surface area contributed by atoms with Crippen LogP contribution in [-0.2, 0) is 4.79 Å². The second kappa shape index (κ2) is 7.97. The lowest BCUT2D eigenvalue weighted by molar-refractivity contribution is -0.115. The highest BCUT2D eigenvalue weighted by atomic mass is 16.2. The first kappa shape index (κ1) is 17.9. The number of carbonyl (C=O) groups excluding carboxylic acids is 1. The standard InChI is InChI=1S/C21H24N4O/c1-15-9-11-19(12-10-15)25-20(13-16(2)24-25)23-21(26)14-22-17(3)18-7-5-4-6-8-18/h4-13,17,22H,14H2,1-3H3,(H,23,26). The molecule has 0 aliphatic carbocycles. The second-order valence-electron chi connectivity index (χ2n) is 6.48. The molecule has 5 heteroatoms. The van der Waals surface area contributed by atoms with Crippen molar-refractivity contribution in [3.05, 3.63) is 77.5 Å². The fourth-order valence-corrected chi connectivity index (χ4v) is 2.76. The number of rotatable bonds is 6. The van der Waals surface area contributed by atoms with Crippen LogP contribution in [0, 0.1) is 13.8 Å². The summed E-state index contributed by atoms with van der Waals surface area (Å²) in [5.74, 6) is 0.576. The maximum Gasteiger partial charge on any atom is 0.239 e. The number of amides is 1. The molecule has 0 saturated heterocycles. The van der Waals surface area contributed by atoms with Gasteiger partial charge in [-0.05, 0) is 38.5 Å². The van der Waals surface area contributed by atoms with E-state index in [4.69, 9.17) is 0 Å². The van der Waals surface area contributed by atoms with E-state index in [-0.39, 0.29) is 18.5 Å². The van der Waals surface area contributed by atoms with E-state index in [2.05, 4.69) is 15.7 Å². The third kappa shape index (κ3) is 4.37. The van der Waals surface area contributed by atoms with Crippen molar-refractivity contribution in [2.24, 2.45) is 0 Å². The van der Waals surface area contributed by atoms with Crippen LogP contribution in [0.3, 0.4) is 0 Å². The van der Waals surface area contributed by atoms with Gasteiger partial charge in [-0.1, -0.05) is 48.0 Å². The Morgan fingerprint density at radius 1 is 1.08 bits per heavy atom. The number of aryl methyl sites for hydroxylation is 2. The van der Waals surface area contributed by atoms with E-state index in [1.807, 2.05) is 81.4 Å². The van der Waals surface area contributed by atoms with E-state index in [9.17, 15) is 4.79 Å². The fraction of sp³-hybridized carbons (Fsp3) is 0.238. The molecular formula is C21H24N4O. The summed E-state index contributed by atoms with van der Waals surface area (Å²) in [7, 11) is 0. The highest BCUT2D eigenvalue weighted by Gasteiger charge is 2.12. The quantitative estimate of drug-likeness (QED) is 0.713. The zero-order valence-corrected chi connectivity index (χ0v) is 15.4. The molecule has 1 amide bonds. The Morgan fingerprint density at radius 3 is 2.46 bits per heavy atom. The van der Waals surface area contributed by atoms with Crippen LogP contribution in [0.1, 0.15) is 29.8 Å². The zero-order valence-electron chi connectivity index (χ0n) is 15.4. The van der Waals surface area contributed by atoms with Crippen LogP contribution in [0.2, 0.25) is 0 Å². The van der Waals surface area contributed by atoms with Gasteiger partial charge >= 0.3 is 0 Å². The Labute approximate surface area is 154 Å². The summed E-state index contributed by atoms with van der Waals surface area (Å²) in [5.41, 5.74) is 4.11. The van der Waals surface area contributed by atoms with E-state index in [0.717, 1.165) is 16.9 Å². The van der Waals surface area contributed by atoms with E-state index >= 15 is 0 Å². The Morgan fingerprint density at radius 2 is 1.77 bits per heavy atom. The first-order valence-electron chi connectivity index (χ1n) is 8.75. The first-order valence-corrected chi connectivity index (χ1v) is 8.75. The normalized spacial score (nSPS) is 12.0. The zero-order chi connectivity index (χ0) is 18.5. The van der Waals surface area contributed by atoms with Gasteiger partial charge in [0.25, 0.3) is 0 Å². The predicted molar refractivity (Wildman–Crippen MR) is 105 cm³/mol. The number of hydrogen-bond acceptors (Lipinski definition) is 3. The largest absolute Gasteiger partial charge is 0.309 e. The Kier molecular flexibility index (Phi) is 5.49. The van der Waals surface area contributed by atoms with Crippen LogP contribution in [0.15, 0.2) is 60.7 Å². The van der Waals surface area contributed by atoms with Gasteiger partial charge in [-0.25, -0.2) is 4.68 Å². The topological polar surface area (TPSA) is 59.0 Å². The lowest BCUT2D eigenvalue weighted by Crippen LogP contribution is -2.30. The van der Waals surface area contributed by atoms with Gasteiger partial charge in [-0.15, -0.1) is 0 Å². The molecular weight excluding hydrogens is 324 g/mol. The average Bonchev–Trinajstić information content (AvgIpc) is 3.01. The summed E-state index contributed by atoms with van der Waals surface area (Å²) in [4.78, 5) is 12.4. The summed E-state index contributed by atoms with van der Waals surface area (Å²) in [6.07, 6.45) is 0. The van der Waals surface area contributed by atoms with Gasteiger partial charge in [0.05, 0.1) is 17.9 Å². The molecule has 2 N–H and O–H groups in total. The lowest BCUT2D eigenvalue weighted by Gasteiger charge is -2.14. The maximum absolute atomic E-state index is 12.4. The minimum absolute atomic E-state index is 0.0963. The number of carbonyl (C=O) groups is 1. The van der Waals surface area contributed by atoms with Crippen LogP contribution in [-0.4, -0.2) is 22.2 Å². The minimum atomic E-state index is -0.0963. The number of benzene rings is 2. The van der Waals surface area contributed by atoms with Crippen LogP contribution in [0.5, 0.6) is 0 Å². The molecule has 0 aliphatic heterocycles. The molecule has 1 aromatic heterocycles. The summed E-state index contributed by atoms with van der Waals surface area (Å²) in [6.45, 7) is 6.23. The number of anilines is 1. The molecule has 0 bridgehead atoms. The van der Waals surface area contributed by atoms with Crippen molar-refractivity contribution < 1.29 is 4.79 Å². The van der Waals surface area contributed by atoms with Gasteiger partial charge in [0.1, 0.15) is 5.82 Å². The number of nitrogens with zero attached hydrogens (tertiary/aromatic N) is 2. The van der Waals surface area contributed by atoms with Crippen LogP contribution in [0.25, 0.3) is 5.69 Å². The third-order valence-electron chi connectivity index (χ3n) is 4.25. The highest BCUT2D eigenvalue weighted by Crippen LogP contribution is 2.18. The number of hydrogen-bond donors (Lipinski definition) is 2. The number of aromatic nitrogens is 2. The Balaban J connectivity index is 1.65. The van der Waals surface area contributed by atoms with Crippen LogP contribution < -0.4 is 10.6 Å². The molecule has 0 fully saturated rings. The molecule has 3 rings (SSSR count). The summed E-state index contributed by atoms with van der Waals surface area (Å²) in [5, 5.41) is 10.7. The summed E-state index contributed by atoms with van der Waals surface area (Å²) in [6, 6.07) is 20.1. The van der Waals surface area contributed by atoms with Gasteiger partial charge in [0.2, 0.25) is 5.91 Å². The molecule has 0 radical (unpaired) electrons. The maximum atomic E-state index is 12.4. The average molecular weight is 348 g/mol. The molecule has 0 saturated carbocycles. The third-order valence-corrected chi connectivity index (χ3v) is 4.25. The van der Waals surface area contributed by atoms with E-state index < -0.39 is 0 Å². The van der Waals surface area contributed by atoms with Crippen molar-refractivity contribution in [3.8, 4) is 5.69 Å². The highest BCUT2D eigenvalue weighted by molar-refractivity contribution is 5.91. The molecule has 26 heavy (non-hydrogen) atoms. The van der Waals surface area contributed by atoms with Crippen molar-refractivity contribution in [1.82, 2.24) is 15.1 Å². The van der Waals surface area contributed by atoms with E-state index in [1.165, 1.54) is 5.56 Å². The van der Waals surface area contributed by atoms with Crippen molar-refractivity contribution >= 4 is 11.7 Å². The Hall–Kier alpha value is -2.92. The van der Waals surface area contributed by atoms with Crippen molar-refractivity contribution in [2.45, 2.75) is 26.8 Å². The molecule has 0 spiro atoms. The van der Waals surface area contributed by atoms with Crippen molar-refractivity contribution in [3.63, 3.8) is 0 Å². The molecule has 1 atom stereocenters. The summed E-state index contributed by atoms with van der Waals surface area (Å²) >= 11 is 0. The fourth-order valence-electron chi connectivity index (χ4n) is 2.76.